The van der Waals surface area contributed by atoms with Gasteiger partial charge in [0, 0.05) is 68.1 Å². The summed E-state index contributed by atoms with van der Waals surface area (Å²) in [6.07, 6.45) is -7.96. The third-order valence-electron chi connectivity index (χ3n) is 15.0. The van der Waals surface area contributed by atoms with E-state index in [1.54, 1.807) is 20.8 Å². The zero-order chi connectivity index (χ0) is 37.3. The first-order chi connectivity index (χ1) is 23.6. The number of hydrogen-bond donors (Lipinski definition) is 2. The molecule has 15 heteroatoms. The minimum atomic E-state index is -2.15. The van der Waals surface area contributed by atoms with Gasteiger partial charge in [-0.3, -0.25) is 24.0 Å². The maximum Gasteiger partial charge on any atom is 0.341 e. The van der Waals surface area contributed by atoms with E-state index in [2.05, 4.69) is 0 Å². The average molecular weight is 719 g/mol. The first kappa shape index (κ1) is 34.9. The van der Waals surface area contributed by atoms with Gasteiger partial charge in [-0.25, -0.2) is 4.79 Å². The van der Waals surface area contributed by atoms with Crippen molar-refractivity contribution in [1.29, 1.82) is 0 Å². The summed E-state index contributed by atoms with van der Waals surface area (Å²) in [5.41, 5.74) is -6.39. The summed E-state index contributed by atoms with van der Waals surface area (Å²) in [6, 6.07) is 0. The highest BCUT2D eigenvalue weighted by atomic mass is 16.8. The Morgan fingerprint density at radius 2 is 1.31 bits per heavy atom. The van der Waals surface area contributed by atoms with Crippen LogP contribution in [0.25, 0.3) is 0 Å². The van der Waals surface area contributed by atoms with Crippen molar-refractivity contribution in [1.82, 2.24) is 0 Å². The number of esters is 5. The van der Waals surface area contributed by atoms with Crippen molar-refractivity contribution in [3.8, 4) is 0 Å². The molecule has 8 rings (SSSR count). The number of ether oxygens (including phenoxy) is 7. The number of epoxide rings is 2. The molecular formula is C36H46O15. The predicted octanol–water partition coefficient (Wildman–Crippen LogP) is 0.624. The molecule has 3 aliphatic heterocycles. The van der Waals surface area contributed by atoms with Gasteiger partial charge in [0.15, 0.2) is 11.4 Å². The van der Waals surface area contributed by atoms with Crippen molar-refractivity contribution in [3.63, 3.8) is 0 Å². The number of fused-ring (bicyclic) bond motifs is 9. The quantitative estimate of drug-likeness (QED) is 0.232. The molecule has 3 heterocycles. The first-order valence-corrected chi connectivity index (χ1v) is 17.8. The molecule has 51 heavy (non-hydrogen) atoms. The summed E-state index contributed by atoms with van der Waals surface area (Å²) < 4.78 is 42.7. The van der Waals surface area contributed by atoms with Crippen LogP contribution in [-0.4, -0.2) is 106 Å². The molecule has 280 valence electrons. The molecule has 8 fully saturated rings. The van der Waals surface area contributed by atoms with Crippen molar-refractivity contribution in [3.05, 3.63) is 0 Å². The Labute approximate surface area is 294 Å². The number of rotatable bonds is 4. The Bertz CT molecular complexity index is 1660. The van der Waals surface area contributed by atoms with Crippen LogP contribution in [0.5, 0.6) is 0 Å². The number of ketones is 1. The minimum Gasteiger partial charge on any atom is -0.462 e. The second kappa shape index (κ2) is 10.3. The van der Waals surface area contributed by atoms with Gasteiger partial charge in [-0.05, 0) is 32.1 Å². The molecule has 2 N–H and O–H groups in total. The molecule has 5 saturated carbocycles. The summed E-state index contributed by atoms with van der Waals surface area (Å²) >= 11 is 0. The SMILES string of the molecule is CC(=O)O[C@@H]1[C@H]2[C@H]3[C@H]([C@H](OC(C)=O)[C@H](OC(C)=O)[C@]2(C)[C@H]2[C@H](C)[C@@H]4O[C@@]45OC(=O)[C@@](C)(O)[C@]5(C)[C@H]12)[C@]1(C)[C@H](C[C@H]2O[C@@H]2[C@@H]1OC(C)=O)C(=O)[C@@H]3O. The van der Waals surface area contributed by atoms with E-state index in [9.17, 15) is 39.0 Å². The zero-order valence-corrected chi connectivity index (χ0v) is 30.1. The van der Waals surface area contributed by atoms with Crippen molar-refractivity contribution < 1.29 is 72.1 Å². The second-order valence-electron chi connectivity index (χ2n) is 17.1. The van der Waals surface area contributed by atoms with Gasteiger partial charge >= 0.3 is 29.8 Å². The van der Waals surface area contributed by atoms with Crippen LogP contribution in [0.15, 0.2) is 0 Å². The standard InChI is InChI=1S/C36H46O15/c1-11-19-22(34(8)35(9,44)31(43)51-36(34)28(11)50-36)26(45-12(2)37)20-18-21(27(46-13(3)38)30(33(19,20)7)48-15(5)40)32(6)16(23(41)24(18)42)10-17-25(49-17)29(32)47-14(4)39/h11,16-22,24-30,42,44H,10H2,1-9H3/t11-,16+,17+,18-,19-,20+,21+,22-,24+,25-,26+,27-,28-,29-,30-,32-,33+,34-,35+,36+/m0/s1. The van der Waals surface area contributed by atoms with E-state index in [-0.39, 0.29) is 6.42 Å². The van der Waals surface area contributed by atoms with Crippen molar-refractivity contribution >= 4 is 35.6 Å². The average Bonchev–Trinajstić information content (AvgIpc) is 3.92. The number of aliphatic hydroxyl groups excluding tert-OH is 1. The Balaban J connectivity index is 1.42. The Morgan fingerprint density at radius 1 is 0.765 bits per heavy atom. The van der Waals surface area contributed by atoms with Crippen LogP contribution in [-0.2, 0) is 61.9 Å². The monoisotopic (exact) mass is 718 g/mol. The molecule has 0 bridgehead atoms. The van der Waals surface area contributed by atoms with Crippen molar-refractivity contribution in [2.24, 2.45) is 57.7 Å². The van der Waals surface area contributed by atoms with E-state index >= 15 is 0 Å². The van der Waals surface area contributed by atoms with E-state index < -0.39 is 154 Å². The summed E-state index contributed by atoms with van der Waals surface area (Å²) in [4.78, 5) is 80.1. The molecule has 0 aromatic rings. The van der Waals surface area contributed by atoms with E-state index in [1.807, 2.05) is 6.92 Å². The van der Waals surface area contributed by atoms with E-state index in [1.165, 1.54) is 34.6 Å². The maximum atomic E-state index is 14.6. The molecule has 1 spiro atoms. The highest BCUT2D eigenvalue weighted by Gasteiger charge is 2.93. The fourth-order valence-corrected chi connectivity index (χ4v) is 13.2. The zero-order valence-electron chi connectivity index (χ0n) is 30.1. The highest BCUT2D eigenvalue weighted by molar-refractivity contribution is 5.88. The minimum absolute atomic E-state index is 0.211. The molecule has 20 atom stereocenters. The lowest BCUT2D eigenvalue weighted by Crippen LogP contribution is -2.74. The second-order valence-corrected chi connectivity index (χ2v) is 17.1. The van der Waals surface area contributed by atoms with Crippen molar-refractivity contribution in [2.45, 2.75) is 129 Å². The third-order valence-corrected chi connectivity index (χ3v) is 15.0. The first-order valence-electron chi connectivity index (χ1n) is 17.8. The van der Waals surface area contributed by atoms with Gasteiger partial charge in [-0.1, -0.05) is 20.8 Å². The van der Waals surface area contributed by atoms with Crippen LogP contribution in [0, 0.1) is 57.7 Å². The number of aliphatic hydroxyl groups is 2. The lowest BCUT2D eigenvalue weighted by molar-refractivity contribution is -0.273. The summed E-state index contributed by atoms with van der Waals surface area (Å²) in [5.74, 6) is -11.9. The molecule has 0 unspecified atom stereocenters. The normalized spacial score (nSPS) is 56.6. The molecule has 0 aromatic heterocycles. The van der Waals surface area contributed by atoms with Crippen LogP contribution in [0.1, 0.15) is 68.7 Å². The third kappa shape index (κ3) is 3.93. The molecular weight excluding hydrogens is 672 g/mol. The van der Waals surface area contributed by atoms with Gasteiger partial charge in [-0.2, -0.15) is 0 Å². The van der Waals surface area contributed by atoms with Crippen LogP contribution < -0.4 is 0 Å². The lowest BCUT2D eigenvalue weighted by atomic mass is 9.41. The Kier molecular flexibility index (Phi) is 7.05. The number of hydrogen-bond acceptors (Lipinski definition) is 15. The molecule has 0 amide bonds. The molecule has 8 aliphatic rings. The molecule has 0 aromatic carbocycles. The van der Waals surface area contributed by atoms with Crippen LogP contribution >= 0.6 is 0 Å². The van der Waals surface area contributed by atoms with Gasteiger partial charge < -0.3 is 43.4 Å². The van der Waals surface area contributed by atoms with Crippen molar-refractivity contribution in [2.75, 3.05) is 0 Å². The largest absolute Gasteiger partial charge is 0.462 e. The van der Waals surface area contributed by atoms with Gasteiger partial charge in [-0.15, -0.1) is 0 Å². The fourth-order valence-electron chi connectivity index (χ4n) is 13.2. The van der Waals surface area contributed by atoms with Crippen LogP contribution in [0.4, 0.5) is 0 Å². The highest BCUT2D eigenvalue weighted by Crippen LogP contribution is 2.81. The van der Waals surface area contributed by atoms with Gasteiger partial charge in [0.05, 0.1) is 11.5 Å². The smallest absolute Gasteiger partial charge is 0.341 e. The van der Waals surface area contributed by atoms with E-state index in [0.717, 1.165) is 0 Å². The summed E-state index contributed by atoms with van der Waals surface area (Å²) in [7, 11) is 0. The number of Topliss-reactive ketones (excluding diaryl/α,β-unsaturated/α-hetero) is 1. The number of carbonyl (C=O) groups excluding carboxylic acids is 6. The fraction of sp³-hybridized carbons (Fsp3) is 0.833. The number of carbonyl (C=O) groups is 6. The summed E-state index contributed by atoms with van der Waals surface area (Å²) in [6.45, 7) is 13.3. The Hall–Kier alpha value is -3.14. The molecule has 5 aliphatic carbocycles. The lowest BCUT2D eigenvalue weighted by Gasteiger charge is -2.65. The summed E-state index contributed by atoms with van der Waals surface area (Å²) in [5, 5.41) is 24.4. The maximum absolute atomic E-state index is 14.6. The van der Waals surface area contributed by atoms with Gasteiger partial charge in [0.25, 0.3) is 0 Å². The van der Waals surface area contributed by atoms with E-state index in [0.29, 0.717) is 0 Å². The molecule has 15 nitrogen and oxygen atoms in total. The van der Waals surface area contributed by atoms with Crippen LogP contribution in [0.3, 0.4) is 0 Å². The van der Waals surface area contributed by atoms with Gasteiger partial charge in [0.2, 0.25) is 5.79 Å². The Morgan fingerprint density at radius 3 is 1.90 bits per heavy atom. The molecule has 0 radical (unpaired) electrons. The van der Waals surface area contributed by atoms with Gasteiger partial charge in [0.1, 0.15) is 42.7 Å². The molecule has 3 saturated heterocycles. The topological polar surface area (TPSA) is 214 Å². The van der Waals surface area contributed by atoms with E-state index in [4.69, 9.17) is 33.2 Å². The van der Waals surface area contributed by atoms with Crippen LogP contribution in [0.2, 0.25) is 0 Å². The predicted molar refractivity (Wildman–Crippen MR) is 165 cm³/mol.